The molecule has 0 amide bonds. The molecule has 0 radical (unpaired) electrons. The van der Waals surface area contributed by atoms with Crippen molar-refractivity contribution >= 4 is 33.1 Å². The molecule has 0 unspecified atom stereocenters. The molecule has 5 heteroatoms. The van der Waals surface area contributed by atoms with E-state index in [1.807, 2.05) is 7.05 Å². The maximum absolute atomic E-state index is 4.58. The van der Waals surface area contributed by atoms with E-state index < -0.39 is 0 Å². The van der Waals surface area contributed by atoms with Crippen molar-refractivity contribution in [3.63, 3.8) is 0 Å². The van der Waals surface area contributed by atoms with E-state index in [2.05, 4.69) is 55.7 Å². The first-order valence-electron chi connectivity index (χ1n) is 5.50. The van der Waals surface area contributed by atoms with Gasteiger partial charge in [0.15, 0.2) is 0 Å². The Morgan fingerprint density at radius 2 is 2.24 bits per heavy atom. The van der Waals surface area contributed by atoms with Gasteiger partial charge in [0, 0.05) is 18.3 Å². The van der Waals surface area contributed by atoms with E-state index in [1.165, 1.54) is 4.88 Å². The van der Waals surface area contributed by atoms with Crippen LogP contribution in [0.25, 0.3) is 0 Å². The van der Waals surface area contributed by atoms with Gasteiger partial charge in [0.2, 0.25) is 0 Å². The molecule has 0 bridgehead atoms. The van der Waals surface area contributed by atoms with Gasteiger partial charge in [-0.15, -0.1) is 11.3 Å². The quantitative estimate of drug-likeness (QED) is 0.939. The van der Waals surface area contributed by atoms with Crippen LogP contribution in [0.5, 0.6) is 0 Å². The second kappa shape index (κ2) is 5.60. The molecule has 0 atom stereocenters. The van der Waals surface area contributed by atoms with E-state index in [-0.39, 0.29) is 0 Å². The van der Waals surface area contributed by atoms with Crippen molar-refractivity contribution in [3.05, 3.63) is 38.4 Å². The Morgan fingerprint density at radius 3 is 2.82 bits per heavy atom. The van der Waals surface area contributed by atoms with Crippen molar-refractivity contribution in [2.24, 2.45) is 0 Å². The molecule has 0 fully saturated rings. The lowest BCUT2D eigenvalue weighted by atomic mass is 10.2. The predicted molar refractivity (Wildman–Crippen MR) is 75.8 cm³/mol. The number of thiophene rings is 1. The number of nitrogens with one attached hydrogen (secondary N) is 1. The van der Waals surface area contributed by atoms with Gasteiger partial charge in [0.05, 0.1) is 10.2 Å². The van der Waals surface area contributed by atoms with E-state index in [9.17, 15) is 0 Å². The lowest BCUT2D eigenvalue weighted by molar-refractivity contribution is 0.904. The molecule has 2 rings (SSSR count). The summed E-state index contributed by atoms with van der Waals surface area (Å²) in [6, 6.07) is 4.17. The summed E-state index contributed by atoms with van der Waals surface area (Å²) in [5.41, 5.74) is 1.05. The van der Waals surface area contributed by atoms with Crippen LogP contribution >= 0.6 is 27.3 Å². The number of hydrogen-bond acceptors (Lipinski definition) is 4. The molecule has 0 spiro atoms. The number of anilines is 1. The Morgan fingerprint density at radius 1 is 1.41 bits per heavy atom. The van der Waals surface area contributed by atoms with Gasteiger partial charge in [-0.25, -0.2) is 9.97 Å². The van der Waals surface area contributed by atoms with Gasteiger partial charge in [0.1, 0.15) is 11.6 Å². The molecule has 2 aromatic rings. The van der Waals surface area contributed by atoms with Gasteiger partial charge < -0.3 is 5.32 Å². The maximum atomic E-state index is 4.58. The molecule has 90 valence electrons. The molecule has 0 saturated carbocycles. The summed E-state index contributed by atoms with van der Waals surface area (Å²) in [5.74, 6) is 1.74. The van der Waals surface area contributed by atoms with Crippen LogP contribution in [0.3, 0.4) is 0 Å². The standard InChI is InChI=1S/C12H14BrN3S/c1-3-9-11(13)12(14-2)16-10(15-9)7-8-5-4-6-17-8/h4-6H,3,7H2,1-2H3,(H,14,15,16). The fourth-order valence-corrected chi connectivity index (χ4v) is 2.95. The van der Waals surface area contributed by atoms with Crippen LogP contribution < -0.4 is 5.32 Å². The highest BCUT2D eigenvalue weighted by Crippen LogP contribution is 2.24. The molecule has 0 saturated heterocycles. The summed E-state index contributed by atoms with van der Waals surface area (Å²) in [5, 5.41) is 5.17. The number of rotatable bonds is 4. The van der Waals surface area contributed by atoms with Crippen LogP contribution in [0.4, 0.5) is 5.82 Å². The number of hydrogen-bond donors (Lipinski definition) is 1. The third kappa shape index (κ3) is 2.84. The van der Waals surface area contributed by atoms with Crippen molar-refractivity contribution in [1.29, 1.82) is 0 Å². The third-order valence-corrected chi connectivity index (χ3v) is 4.16. The van der Waals surface area contributed by atoms with Crippen LogP contribution in [0, 0.1) is 0 Å². The van der Waals surface area contributed by atoms with Crippen LogP contribution in [-0.4, -0.2) is 17.0 Å². The van der Waals surface area contributed by atoms with E-state index in [0.29, 0.717) is 0 Å². The predicted octanol–water partition coefficient (Wildman–Crippen LogP) is 3.50. The number of halogens is 1. The first-order valence-corrected chi connectivity index (χ1v) is 7.17. The second-order valence-electron chi connectivity index (χ2n) is 3.61. The summed E-state index contributed by atoms with van der Waals surface area (Å²) >= 11 is 5.27. The molecule has 2 aromatic heterocycles. The van der Waals surface area contributed by atoms with Gasteiger partial charge in [-0.2, -0.15) is 0 Å². The van der Waals surface area contributed by atoms with Crippen molar-refractivity contribution in [2.75, 3.05) is 12.4 Å². The lowest BCUT2D eigenvalue weighted by Gasteiger charge is -2.09. The highest BCUT2D eigenvalue weighted by molar-refractivity contribution is 9.10. The molecule has 17 heavy (non-hydrogen) atoms. The topological polar surface area (TPSA) is 37.8 Å². The van der Waals surface area contributed by atoms with E-state index in [1.54, 1.807) is 11.3 Å². The fraction of sp³-hybridized carbons (Fsp3) is 0.333. The molecule has 0 aromatic carbocycles. The first kappa shape index (κ1) is 12.5. The van der Waals surface area contributed by atoms with Crippen molar-refractivity contribution in [3.8, 4) is 0 Å². The normalized spacial score (nSPS) is 10.5. The molecule has 2 heterocycles. The zero-order valence-electron chi connectivity index (χ0n) is 9.83. The monoisotopic (exact) mass is 311 g/mol. The summed E-state index contributed by atoms with van der Waals surface area (Å²) in [7, 11) is 1.88. The first-order chi connectivity index (χ1) is 8.24. The van der Waals surface area contributed by atoms with Crippen LogP contribution in [-0.2, 0) is 12.8 Å². The molecule has 1 N–H and O–H groups in total. The van der Waals surface area contributed by atoms with Gasteiger partial charge in [0.25, 0.3) is 0 Å². The summed E-state index contributed by atoms with van der Waals surface area (Å²) in [4.78, 5) is 10.4. The Bertz CT molecular complexity index is 471. The van der Waals surface area contributed by atoms with Gasteiger partial charge in [-0.05, 0) is 33.8 Å². The highest BCUT2D eigenvalue weighted by Gasteiger charge is 2.10. The van der Waals surface area contributed by atoms with Crippen molar-refractivity contribution < 1.29 is 0 Å². The molecule has 0 aliphatic carbocycles. The van der Waals surface area contributed by atoms with Gasteiger partial charge in [-0.3, -0.25) is 0 Å². The average Bonchev–Trinajstić information content (AvgIpc) is 2.84. The zero-order valence-corrected chi connectivity index (χ0v) is 12.2. The average molecular weight is 312 g/mol. The Hall–Kier alpha value is -0.940. The number of aryl methyl sites for hydroxylation is 1. The lowest BCUT2D eigenvalue weighted by Crippen LogP contribution is -2.05. The van der Waals surface area contributed by atoms with Crippen LogP contribution in [0.1, 0.15) is 23.3 Å². The van der Waals surface area contributed by atoms with Gasteiger partial charge >= 0.3 is 0 Å². The minimum atomic E-state index is 0.798. The smallest absolute Gasteiger partial charge is 0.144 e. The summed E-state index contributed by atoms with van der Waals surface area (Å²) in [6.07, 6.45) is 1.70. The SMILES string of the molecule is CCc1nc(Cc2cccs2)nc(NC)c1Br. The van der Waals surface area contributed by atoms with E-state index in [4.69, 9.17) is 0 Å². The van der Waals surface area contributed by atoms with E-state index in [0.717, 1.165) is 34.7 Å². The second-order valence-corrected chi connectivity index (χ2v) is 5.43. The Balaban J connectivity index is 2.34. The summed E-state index contributed by atoms with van der Waals surface area (Å²) < 4.78 is 0.970. The maximum Gasteiger partial charge on any atom is 0.144 e. The largest absolute Gasteiger partial charge is 0.372 e. The molecular formula is C12H14BrN3S. The summed E-state index contributed by atoms with van der Waals surface area (Å²) in [6.45, 7) is 2.10. The van der Waals surface area contributed by atoms with Crippen molar-refractivity contribution in [2.45, 2.75) is 19.8 Å². The molecule has 0 aliphatic heterocycles. The molecular weight excluding hydrogens is 298 g/mol. The van der Waals surface area contributed by atoms with Crippen LogP contribution in [0.2, 0.25) is 0 Å². The van der Waals surface area contributed by atoms with Gasteiger partial charge in [-0.1, -0.05) is 13.0 Å². The number of aromatic nitrogens is 2. The minimum Gasteiger partial charge on any atom is -0.372 e. The van der Waals surface area contributed by atoms with Crippen LogP contribution in [0.15, 0.2) is 22.0 Å². The zero-order chi connectivity index (χ0) is 12.3. The number of nitrogens with zero attached hydrogens (tertiary/aromatic N) is 2. The fourth-order valence-electron chi connectivity index (χ4n) is 1.59. The molecule has 3 nitrogen and oxygen atoms in total. The third-order valence-electron chi connectivity index (χ3n) is 2.45. The minimum absolute atomic E-state index is 0.798. The molecule has 0 aliphatic rings. The highest BCUT2D eigenvalue weighted by atomic mass is 79.9. The van der Waals surface area contributed by atoms with E-state index >= 15 is 0 Å². The Kier molecular flexibility index (Phi) is 4.12. The van der Waals surface area contributed by atoms with Crippen molar-refractivity contribution in [1.82, 2.24) is 9.97 Å². The Labute approximate surface area is 113 Å².